The van der Waals surface area contributed by atoms with E-state index in [0.717, 1.165) is 5.56 Å². The van der Waals surface area contributed by atoms with Crippen LogP contribution >= 0.6 is 11.8 Å². The van der Waals surface area contributed by atoms with Crippen LogP contribution in [0.1, 0.15) is 25.5 Å². The van der Waals surface area contributed by atoms with Gasteiger partial charge in [-0.15, -0.1) is 11.8 Å². The van der Waals surface area contributed by atoms with Crippen molar-refractivity contribution in [2.75, 3.05) is 6.54 Å². The van der Waals surface area contributed by atoms with Gasteiger partial charge in [-0.2, -0.15) is 0 Å². The number of aliphatic hydroxyl groups excluding tert-OH is 1. The molecule has 0 saturated heterocycles. The van der Waals surface area contributed by atoms with E-state index in [1.165, 1.54) is 4.90 Å². The zero-order chi connectivity index (χ0) is 10.6. The maximum Gasteiger partial charge on any atom is 0.0912 e. The van der Waals surface area contributed by atoms with Gasteiger partial charge in [-0.1, -0.05) is 26.0 Å². The van der Waals surface area contributed by atoms with Gasteiger partial charge in [0.2, 0.25) is 0 Å². The van der Waals surface area contributed by atoms with E-state index in [-0.39, 0.29) is 6.54 Å². The minimum absolute atomic E-state index is 0.274. The molecular formula is C11H17NOS. The monoisotopic (exact) mass is 211 g/mol. The van der Waals surface area contributed by atoms with Crippen LogP contribution in [0.3, 0.4) is 0 Å². The van der Waals surface area contributed by atoms with E-state index >= 15 is 0 Å². The molecule has 0 amide bonds. The third kappa shape index (κ3) is 3.33. The van der Waals surface area contributed by atoms with Gasteiger partial charge >= 0.3 is 0 Å². The van der Waals surface area contributed by atoms with Crippen molar-refractivity contribution in [3.63, 3.8) is 0 Å². The van der Waals surface area contributed by atoms with Crippen LogP contribution in [0.5, 0.6) is 0 Å². The van der Waals surface area contributed by atoms with Gasteiger partial charge in [-0.25, -0.2) is 0 Å². The van der Waals surface area contributed by atoms with E-state index < -0.39 is 6.10 Å². The Morgan fingerprint density at radius 1 is 1.29 bits per heavy atom. The van der Waals surface area contributed by atoms with Gasteiger partial charge in [-0.3, -0.25) is 0 Å². The lowest BCUT2D eigenvalue weighted by molar-refractivity contribution is 0.186. The number of hydrogen-bond acceptors (Lipinski definition) is 3. The van der Waals surface area contributed by atoms with Crippen molar-refractivity contribution in [3.8, 4) is 0 Å². The largest absolute Gasteiger partial charge is 0.387 e. The second-order valence-corrected chi connectivity index (χ2v) is 5.14. The van der Waals surface area contributed by atoms with E-state index in [1.807, 2.05) is 36.0 Å². The molecule has 0 bridgehead atoms. The molecule has 0 aliphatic rings. The molecule has 0 aliphatic carbocycles. The summed E-state index contributed by atoms with van der Waals surface area (Å²) in [6, 6.07) is 7.92. The summed E-state index contributed by atoms with van der Waals surface area (Å²) in [4.78, 5) is 1.23. The first-order chi connectivity index (χ1) is 6.63. The minimum Gasteiger partial charge on any atom is -0.387 e. The molecule has 2 nitrogen and oxygen atoms in total. The van der Waals surface area contributed by atoms with Crippen LogP contribution in [-0.4, -0.2) is 16.9 Å². The fourth-order valence-corrected chi connectivity index (χ4v) is 2.01. The van der Waals surface area contributed by atoms with Crippen molar-refractivity contribution >= 4 is 11.8 Å². The lowest BCUT2D eigenvalue weighted by Gasteiger charge is -2.09. The van der Waals surface area contributed by atoms with Crippen LogP contribution < -0.4 is 5.73 Å². The Bertz CT molecular complexity index is 271. The van der Waals surface area contributed by atoms with Gasteiger partial charge in [0.05, 0.1) is 6.10 Å². The number of thioether (sulfide) groups is 1. The average molecular weight is 211 g/mol. The first kappa shape index (κ1) is 11.6. The van der Waals surface area contributed by atoms with Crippen LogP contribution in [0.2, 0.25) is 0 Å². The van der Waals surface area contributed by atoms with Gasteiger partial charge in [-0.05, 0) is 17.7 Å². The summed E-state index contributed by atoms with van der Waals surface area (Å²) in [7, 11) is 0. The molecule has 1 aromatic carbocycles. The van der Waals surface area contributed by atoms with Crippen LogP contribution in [-0.2, 0) is 0 Å². The van der Waals surface area contributed by atoms with E-state index in [9.17, 15) is 5.11 Å². The number of nitrogens with two attached hydrogens (primary N) is 1. The molecule has 1 aromatic rings. The lowest BCUT2D eigenvalue weighted by atomic mass is 10.1. The Labute approximate surface area is 89.5 Å². The predicted molar refractivity (Wildman–Crippen MR) is 61.4 cm³/mol. The van der Waals surface area contributed by atoms with Crippen molar-refractivity contribution in [2.45, 2.75) is 30.1 Å². The third-order valence-electron chi connectivity index (χ3n) is 1.86. The summed E-state index contributed by atoms with van der Waals surface area (Å²) in [5.74, 6) is 0. The first-order valence-electron chi connectivity index (χ1n) is 4.78. The molecule has 1 unspecified atom stereocenters. The number of aliphatic hydroxyl groups is 1. The van der Waals surface area contributed by atoms with Crippen molar-refractivity contribution in [1.82, 2.24) is 0 Å². The van der Waals surface area contributed by atoms with Crippen molar-refractivity contribution < 1.29 is 5.11 Å². The SMILES string of the molecule is CC(C)Sc1ccc(C(O)CN)cc1. The first-order valence-corrected chi connectivity index (χ1v) is 5.66. The van der Waals surface area contributed by atoms with Gasteiger partial charge < -0.3 is 10.8 Å². The smallest absolute Gasteiger partial charge is 0.0912 e. The standard InChI is InChI=1S/C11H17NOS/c1-8(2)14-10-5-3-9(4-6-10)11(13)7-12/h3-6,8,11,13H,7,12H2,1-2H3. The van der Waals surface area contributed by atoms with Crippen molar-refractivity contribution in [1.29, 1.82) is 0 Å². The van der Waals surface area contributed by atoms with Gasteiger partial charge in [0, 0.05) is 16.7 Å². The molecule has 1 atom stereocenters. The summed E-state index contributed by atoms with van der Waals surface area (Å²) in [6.45, 7) is 4.59. The Hall–Kier alpha value is -0.510. The lowest BCUT2D eigenvalue weighted by Crippen LogP contribution is -2.11. The fourth-order valence-electron chi connectivity index (χ4n) is 1.18. The molecule has 14 heavy (non-hydrogen) atoms. The maximum absolute atomic E-state index is 9.47. The molecule has 78 valence electrons. The van der Waals surface area contributed by atoms with E-state index in [1.54, 1.807) is 0 Å². The summed E-state index contributed by atoms with van der Waals surface area (Å²) in [6.07, 6.45) is -0.534. The summed E-state index contributed by atoms with van der Waals surface area (Å²) < 4.78 is 0. The zero-order valence-corrected chi connectivity index (χ0v) is 9.42. The third-order valence-corrected chi connectivity index (χ3v) is 2.88. The predicted octanol–water partition coefficient (Wildman–Crippen LogP) is 2.18. The zero-order valence-electron chi connectivity index (χ0n) is 8.60. The Morgan fingerprint density at radius 3 is 2.29 bits per heavy atom. The van der Waals surface area contributed by atoms with Crippen LogP contribution in [0.15, 0.2) is 29.2 Å². The van der Waals surface area contributed by atoms with Crippen molar-refractivity contribution in [2.24, 2.45) is 5.73 Å². The number of benzene rings is 1. The van der Waals surface area contributed by atoms with Crippen LogP contribution in [0.25, 0.3) is 0 Å². The highest BCUT2D eigenvalue weighted by Gasteiger charge is 2.04. The van der Waals surface area contributed by atoms with E-state index in [2.05, 4.69) is 13.8 Å². The van der Waals surface area contributed by atoms with Gasteiger partial charge in [0.1, 0.15) is 0 Å². The maximum atomic E-state index is 9.47. The Kier molecular flexibility index (Phi) is 4.45. The molecule has 0 heterocycles. The molecule has 0 aliphatic heterocycles. The molecule has 0 radical (unpaired) electrons. The molecule has 0 saturated carbocycles. The molecule has 3 heteroatoms. The second kappa shape index (κ2) is 5.39. The highest BCUT2D eigenvalue weighted by molar-refractivity contribution is 7.99. The highest BCUT2D eigenvalue weighted by atomic mass is 32.2. The minimum atomic E-state index is -0.534. The van der Waals surface area contributed by atoms with Crippen molar-refractivity contribution in [3.05, 3.63) is 29.8 Å². The quantitative estimate of drug-likeness (QED) is 0.750. The second-order valence-electron chi connectivity index (χ2n) is 3.49. The molecule has 0 fully saturated rings. The molecule has 0 aromatic heterocycles. The van der Waals surface area contributed by atoms with Gasteiger partial charge in [0.15, 0.2) is 0 Å². The Balaban J connectivity index is 2.68. The highest BCUT2D eigenvalue weighted by Crippen LogP contribution is 2.24. The normalized spacial score (nSPS) is 13.2. The Morgan fingerprint density at radius 2 is 1.86 bits per heavy atom. The number of rotatable bonds is 4. The molecule has 1 rings (SSSR count). The molecule has 3 N–H and O–H groups in total. The van der Waals surface area contributed by atoms with Gasteiger partial charge in [0.25, 0.3) is 0 Å². The summed E-state index contributed by atoms with van der Waals surface area (Å²) in [5, 5.41) is 10.1. The molecule has 0 spiro atoms. The summed E-state index contributed by atoms with van der Waals surface area (Å²) in [5.41, 5.74) is 6.26. The topological polar surface area (TPSA) is 46.2 Å². The number of hydrogen-bond donors (Lipinski definition) is 2. The molecular weight excluding hydrogens is 194 g/mol. The fraction of sp³-hybridized carbons (Fsp3) is 0.455. The van der Waals surface area contributed by atoms with Crippen LogP contribution in [0.4, 0.5) is 0 Å². The average Bonchev–Trinajstić information content (AvgIpc) is 2.17. The van der Waals surface area contributed by atoms with Crippen LogP contribution in [0, 0.1) is 0 Å². The van der Waals surface area contributed by atoms with E-state index in [0.29, 0.717) is 5.25 Å². The summed E-state index contributed by atoms with van der Waals surface area (Å²) >= 11 is 1.81. The van der Waals surface area contributed by atoms with E-state index in [4.69, 9.17) is 5.73 Å².